The zero-order valence-corrected chi connectivity index (χ0v) is 9.48. The van der Waals surface area contributed by atoms with Crippen molar-refractivity contribution in [2.24, 2.45) is 0 Å². The van der Waals surface area contributed by atoms with E-state index in [4.69, 9.17) is 0 Å². The molecule has 1 rings (SSSR count). The van der Waals surface area contributed by atoms with Gasteiger partial charge in [0, 0.05) is 53.2 Å². The molecule has 1 heterocycles. The molecule has 1 saturated heterocycles. The lowest BCUT2D eigenvalue weighted by Crippen LogP contribution is -2.49. The minimum absolute atomic E-state index is 0.152. The minimum atomic E-state index is 0.152. The van der Waals surface area contributed by atoms with Gasteiger partial charge in [0.2, 0.25) is 12.3 Å². The summed E-state index contributed by atoms with van der Waals surface area (Å²) in [5.41, 5.74) is 0. The largest absolute Gasteiger partial charge is 0.347 e. The van der Waals surface area contributed by atoms with Crippen molar-refractivity contribution < 1.29 is 9.59 Å². The molecule has 86 valence electrons. The second-order valence-corrected chi connectivity index (χ2v) is 3.93. The third kappa shape index (κ3) is 3.87. The van der Waals surface area contributed by atoms with Crippen molar-refractivity contribution in [1.29, 1.82) is 0 Å². The van der Waals surface area contributed by atoms with E-state index in [0.29, 0.717) is 0 Å². The van der Waals surface area contributed by atoms with Gasteiger partial charge in [0.15, 0.2) is 0 Å². The molecule has 1 fully saturated rings. The number of likely N-dealkylation sites (N-methyl/N-ethyl adjacent to an activating group) is 1. The molecule has 1 aliphatic heterocycles. The van der Waals surface area contributed by atoms with E-state index in [0.717, 1.165) is 45.7 Å². The van der Waals surface area contributed by atoms with Gasteiger partial charge in [0.25, 0.3) is 0 Å². The van der Waals surface area contributed by atoms with Crippen LogP contribution in [0.4, 0.5) is 0 Å². The maximum Gasteiger partial charge on any atom is 0.219 e. The lowest BCUT2D eigenvalue weighted by Gasteiger charge is -2.34. The molecule has 0 saturated carbocycles. The van der Waals surface area contributed by atoms with Crippen molar-refractivity contribution in [3.63, 3.8) is 0 Å². The van der Waals surface area contributed by atoms with Crippen LogP contribution in [0.25, 0.3) is 0 Å². The molecule has 0 spiro atoms. The lowest BCUT2D eigenvalue weighted by atomic mass is 10.3. The van der Waals surface area contributed by atoms with Gasteiger partial charge in [-0.2, -0.15) is 0 Å². The Labute approximate surface area is 90.6 Å². The van der Waals surface area contributed by atoms with E-state index in [1.807, 2.05) is 4.90 Å². The summed E-state index contributed by atoms with van der Waals surface area (Å²) in [4.78, 5) is 27.2. The maximum atomic E-state index is 11.1. The molecule has 2 amide bonds. The third-order valence-corrected chi connectivity index (χ3v) is 2.77. The average Bonchev–Trinajstić information content (AvgIpc) is 2.26. The Morgan fingerprint density at radius 1 is 1.33 bits per heavy atom. The first kappa shape index (κ1) is 12.0. The number of rotatable bonds is 4. The standard InChI is InChI=1S/C10H19N3O2/c1-10(15)13-7-5-12(6-8-13)4-3-11(2)9-14/h9H,3-8H2,1-2H3. The van der Waals surface area contributed by atoms with Crippen LogP contribution in [0.15, 0.2) is 0 Å². The summed E-state index contributed by atoms with van der Waals surface area (Å²) in [5.74, 6) is 0.152. The third-order valence-electron chi connectivity index (χ3n) is 2.77. The van der Waals surface area contributed by atoms with Crippen LogP contribution in [0, 0.1) is 0 Å². The first-order valence-corrected chi connectivity index (χ1v) is 5.27. The van der Waals surface area contributed by atoms with Crippen LogP contribution < -0.4 is 0 Å². The topological polar surface area (TPSA) is 43.9 Å². The molecule has 0 N–H and O–H groups in total. The van der Waals surface area contributed by atoms with Gasteiger partial charge in [0.05, 0.1) is 0 Å². The molecule has 0 unspecified atom stereocenters. The number of nitrogens with zero attached hydrogens (tertiary/aromatic N) is 3. The molecule has 0 aliphatic carbocycles. The van der Waals surface area contributed by atoms with Crippen molar-refractivity contribution in [2.45, 2.75) is 6.92 Å². The van der Waals surface area contributed by atoms with Crippen LogP contribution in [0.2, 0.25) is 0 Å². The van der Waals surface area contributed by atoms with Gasteiger partial charge >= 0.3 is 0 Å². The lowest BCUT2D eigenvalue weighted by molar-refractivity contribution is -0.130. The zero-order chi connectivity index (χ0) is 11.3. The number of carbonyl (C=O) groups excluding carboxylic acids is 2. The van der Waals surface area contributed by atoms with Crippen LogP contribution in [-0.2, 0) is 9.59 Å². The molecule has 15 heavy (non-hydrogen) atoms. The smallest absolute Gasteiger partial charge is 0.219 e. The van der Waals surface area contributed by atoms with Crippen LogP contribution in [0.3, 0.4) is 0 Å². The fraction of sp³-hybridized carbons (Fsp3) is 0.800. The monoisotopic (exact) mass is 213 g/mol. The van der Waals surface area contributed by atoms with E-state index in [-0.39, 0.29) is 5.91 Å². The van der Waals surface area contributed by atoms with Gasteiger partial charge < -0.3 is 9.80 Å². The summed E-state index contributed by atoms with van der Waals surface area (Å²) in [5, 5.41) is 0. The molecule has 0 aromatic carbocycles. The second kappa shape index (κ2) is 5.70. The van der Waals surface area contributed by atoms with Gasteiger partial charge in [-0.3, -0.25) is 14.5 Å². The molecular weight excluding hydrogens is 194 g/mol. The number of carbonyl (C=O) groups is 2. The summed E-state index contributed by atoms with van der Waals surface area (Å²) < 4.78 is 0. The molecule has 0 aromatic rings. The first-order valence-electron chi connectivity index (χ1n) is 5.27. The highest BCUT2D eigenvalue weighted by Crippen LogP contribution is 2.01. The van der Waals surface area contributed by atoms with Crippen molar-refractivity contribution in [1.82, 2.24) is 14.7 Å². The highest BCUT2D eigenvalue weighted by molar-refractivity contribution is 5.73. The number of hydrogen-bond acceptors (Lipinski definition) is 3. The predicted molar refractivity (Wildman–Crippen MR) is 57.4 cm³/mol. The second-order valence-electron chi connectivity index (χ2n) is 3.93. The number of piperazine rings is 1. The molecule has 0 bridgehead atoms. The highest BCUT2D eigenvalue weighted by atomic mass is 16.2. The molecule has 0 atom stereocenters. The Morgan fingerprint density at radius 3 is 2.40 bits per heavy atom. The van der Waals surface area contributed by atoms with Crippen LogP contribution in [0.1, 0.15) is 6.92 Å². The summed E-state index contributed by atoms with van der Waals surface area (Å²) in [6.45, 7) is 6.68. The Morgan fingerprint density at radius 2 is 1.93 bits per heavy atom. The highest BCUT2D eigenvalue weighted by Gasteiger charge is 2.17. The zero-order valence-electron chi connectivity index (χ0n) is 9.48. The number of hydrogen-bond donors (Lipinski definition) is 0. The Balaban J connectivity index is 2.20. The van der Waals surface area contributed by atoms with Gasteiger partial charge in [-0.05, 0) is 0 Å². The molecular formula is C10H19N3O2. The van der Waals surface area contributed by atoms with Crippen molar-refractivity contribution in [3.8, 4) is 0 Å². The summed E-state index contributed by atoms with van der Waals surface area (Å²) in [7, 11) is 1.78. The Hall–Kier alpha value is -1.10. The van der Waals surface area contributed by atoms with Crippen molar-refractivity contribution in [2.75, 3.05) is 46.3 Å². The van der Waals surface area contributed by atoms with E-state index in [9.17, 15) is 9.59 Å². The molecule has 0 radical (unpaired) electrons. The summed E-state index contributed by atoms with van der Waals surface area (Å²) >= 11 is 0. The fourth-order valence-corrected chi connectivity index (χ4v) is 1.64. The molecule has 5 heteroatoms. The first-order chi connectivity index (χ1) is 7.13. The van der Waals surface area contributed by atoms with Crippen molar-refractivity contribution in [3.05, 3.63) is 0 Å². The number of amides is 2. The van der Waals surface area contributed by atoms with E-state index in [1.165, 1.54) is 0 Å². The predicted octanol–water partition coefficient (Wildman–Crippen LogP) is -0.761. The normalized spacial score (nSPS) is 17.6. The Kier molecular flexibility index (Phi) is 4.55. The van der Waals surface area contributed by atoms with Crippen LogP contribution in [-0.4, -0.2) is 73.3 Å². The molecule has 0 aromatic heterocycles. The fourth-order valence-electron chi connectivity index (χ4n) is 1.64. The van der Waals surface area contributed by atoms with Crippen LogP contribution in [0.5, 0.6) is 0 Å². The maximum absolute atomic E-state index is 11.1. The van der Waals surface area contributed by atoms with Gasteiger partial charge in [-0.1, -0.05) is 0 Å². The summed E-state index contributed by atoms with van der Waals surface area (Å²) in [6, 6.07) is 0. The minimum Gasteiger partial charge on any atom is -0.347 e. The SMILES string of the molecule is CC(=O)N1CCN(CCN(C)C=O)CC1. The van der Waals surface area contributed by atoms with Gasteiger partial charge in [-0.25, -0.2) is 0 Å². The van der Waals surface area contributed by atoms with Gasteiger partial charge in [0.1, 0.15) is 0 Å². The molecule has 1 aliphatic rings. The molecule has 5 nitrogen and oxygen atoms in total. The van der Waals surface area contributed by atoms with E-state index in [2.05, 4.69) is 4.90 Å². The Bertz CT molecular complexity index is 225. The average molecular weight is 213 g/mol. The quantitative estimate of drug-likeness (QED) is 0.577. The van der Waals surface area contributed by atoms with Gasteiger partial charge in [-0.15, -0.1) is 0 Å². The van der Waals surface area contributed by atoms with Crippen molar-refractivity contribution >= 4 is 12.3 Å². The summed E-state index contributed by atoms with van der Waals surface area (Å²) in [6.07, 6.45) is 0.839. The van der Waals surface area contributed by atoms with E-state index < -0.39 is 0 Å². The van der Waals surface area contributed by atoms with E-state index in [1.54, 1.807) is 18.9 Å². The van der Waals surface area contributed by atoms with Crippen LogP contribution >= 0.6 is 0 Å². The van der Waals surface area contributed by atoms with E-state index >= 15 is 0 Å².